The lowest BCUT2D eigenvalue weighted by molar-refractivity contribution is 0.729. The van der Waals surface area contributed by atoms with Gasteiger partial charge in [-0.3, -0.25) is 0 Å². The van der Waals surface area contributed by atoms with E-state index in [4.69, 9.17) is 5.73 Å². The monoisotopic (exact) mass is 269 g/mol. The molecule has 5 heteroatoms. The third kappa shape index (κ3) is 2.53. The Hall–Kier alpha value is -2.27. The topological polar surface area (TPSA) is 71.7 Å². The number of benzene rings is 1. The number of anilines is 1. The number of rotatable bonds is 6. The largest absolute Gasteiger partial charge is 0.365 e. The van der Waals surface area contributed by atoms with Crippen LogP contribution in [0.25, 0.3) is 11.0 Å². The first-order chi connectivity index (χ1) is 9.88. The molecule has 0 fully saturated rings. The number of H-pyrrole nitrogens is 1. The number of hydrogen-bond acceptors (Lipinski definition) is 3. The highest BCUT2D eigenvalue weighted by atomic mass is 15.2. The van der Waals surface area contributed by atoms with Crippen molar-refractivity contribution in [3.63, 3.8) is 0 Å². The van der Waals surface area contributed by atoms with Gasteiger partial charge in [-0.15, -0.1) is 0 Å². The van der Waals surface area contributed by atoms with Crippen LogP contribution in [-0.4, -0.2) is 27.6 Å². The number of nitrogens with one attached hydrogen (secondary N) is 2. The van der Waals surface area contributed by atoms with E-state index in [2.05, 4.69) is 32.0 Å². The highest BCUT2D eigenvalue weighted by Gasteiger charge is 2.08. The van der Waals surface area contributed by atoms with Gasteiger partial charge in [-0.25, -0.2) is 4.98 Å². The highest BCUT2D eigenvalue weighted by molar-refractivity contribution is 5.78. The Kier molecular flexibility index (Phi) is 3.69. The number of para-hydroxylation sites is 2. The van der Waals surface area contributed by atoms with Gasteiger partial charge in [-0.1, -0.05) is 12.1 Å². The zero-order valence-corrected chi connectivity index (χ0v) is 11.3. The van der Waals surface area contributed by atoms with Gasteiger partial charge in [0.25, 0.3) is 0 Å². The van der Waals surface area contributed by atoms with E-state index in [0.29, 0.717) is 6.54 Å². The third-order valence-electron chi connectivity index (χ3n) is 3.35. The molecule has 3 rings (SSSR count). The zero-order chi connectivity index (χ0) is 13.8. The number of aromatic amines is 1. The number of aromatic nitrogens is 3. The second-order valence-corrected chi connectivity index (χ2v) is 4.74. The molecule has 0 spiro atoms. The minimum absolute atomic E-state index is 0.603. The molecule has 0 radical (unpaired) electrons. The average molecular weight is 269 g/mol. The minimum atomic E-state index is 0.603. The van der Waals surface area contributed by atoms with Crippen molar-refractivity contribution in [1.29, 1.82) is 0 Å². The molecule has 104 valence electrons. The van der Waals surface area contributed by atoms with Crippen LogP contribution in [0, 0.1) is 0 Å². The molecule has 2 aromatic heterocycles. The van der Waals surface area contributed by atoms with Crippen molar-refractivity contribution in [2.75, 3.05) is 18.4 Å². The predicted octanol–water partition coefficient (Wildman–Crippen LogP) is 1.98. The summed E-state index contributed by atoms with van der Waals surface area (Å²) in [5.74, 6) is 0.892. The molecular formula is C15H19N5. The molecule has 0 bridgehead atoms. The quantitative estimate of drug-likeness (QED) is 0.640. The van der Waals surface area contributed by atoms with Crippen molar-refractivity contribution in [3.8, 4) is 0 Å². The maximum atomic E-state index is 5.70. The number of imidazole rings is 1. The summed E-state index contributed by atoms with van der Waals surface area (Å²) in [6, 6.07) is 12.2. The second-order valence-electron chi connectivity index (χ2n) is 4.74. The van der Waals surface area contributed by atoms with Crippen molar-refractivity contribution in [2.24, 2.45) is 5.73 Å². The Morgan fingerprint density at radius 3 is 2.90 bits per heavy atom. The van der Waals surface area contributed by atoms with Gasteiger partial charge in [-0.2, -0.15) is 0 Å². The van der Waals surface area contributed by atoms with Crippen LogP contribution in [0.3, 0.4) is 0 Å². The molecule has 20 heavy (non-hydrogen) atoms. The highest BCUT2D eigenvalue weighted by Crippen LogP contribution is 2.19. The lowest BCUT2D eigenvalue weighted by Gasteiger charge is -2.09. The number of fused-ring (bicyclic) bond motifs is 1. The van der Waals surface area contributed by atoms with Gasteiger partial charge in [0.2, 0.25) is 5.95 Å². The molecule has 0 amide bonds. The van der Waals surface area contributed by atoms with Crippen LogP contribution in [0.1, 0.15) is 5.69 Å². The normalized spacial score (nSPS) is 11.1. The molecule has 2 heterocycles. The minimum Gasteiger partial charge on any atom is -0.365 e. The van der Waals surface area contributed by atoms with Crippen molar-refractivity contribution in [3.05, 3.63) is 48.3 Å². The molecule has 1 aromatic carbocycles. The first kappa shape index (κ1) is 12.7. The van der Waals surface area contributed by atoms with E-state index in [-0.39, 0.29) is 0 Å². The van der Waals surface area contributed by atoms with E-state index in [1.54, 1.807) is 0 Å². The molecule has 0 aliphatic rings. The summed E-state index contributed by atoms with van der Waals surface area (Å²) in [7, 11) is 0. The van der Waals surface area contributed by atoms with Crippen molar-refractivity contribution >= 4 is 17.0 Å². The Morgan fingerprint density at radius 1 is 1.20 bits per heavy atom. The van der Waals surface area contributed by atoms with E-state index < -0.39 is 0 Å². The molecule has 0 atom stereocenters. The van der Waals surface area contributed by atoms with Crippen molar-refractivity contribution in [1.82, 2.24) is 14.5 Å². The van der Waals surface area contributed by atoms with E-state index in [0.717, 1.165) is 36.5 Å². The standard InChI is InChI=1S/C15H19N5/c16-8-11-20-14-6-2-1-5-13(14)19-15(20)18-10-7-12-4-3-9-17-12/h1-6,9,17H,7-8,10-11,16H2,(H,18,19). The summed E-state index contributed by atoms with van der Waals surface area (Å²) in [5, 5.41) is 3.40. The molecular weight excluding hydrogens is 250 g/mol. The summed E-state index contributed by atoms with van der Waals surface area (Å²) < 4.78 is 2.14. The van der Waals surface area contributed by atoms with E-state index >= 15 is 0 Å². The van der Waals surface area contributed by atoms with Crippen LogP contribution >= 0.6 is 0 Å². The van der Waals surface area contributed by atoms with Crippen LogP contribution in [0.5, 0.6) is 0 Å². The van der Waals surface area contributed by atoms with Crippen LogP contribution < -0.4 is 11.1 Å². The second kappa shape index (κ2) is 5.79. The number of nitrogens with zero attached hydrogens (tertiary/aromatic N) is 2. The Bertz CT molecular complexity index is 669. The molecule has 4 N–H and O–H groups in total. The fourth-order valence-corrected chi connectivity index (χ4v) is 2.40. The number of nitrogens with two attached hydrogens (primary N) is 1. The summed E-state index contributed by atoms with van der Waals surface area (Å²) in [6.45, 7) is 2.21. The van der Waals surface area contributed by atoms with E-state index in [1.807, 2.05) is 30.5 Å². The first-order valence-electron chi connectivity index (χ1n) is 6.90. The molecule has 3 aromatic rings. The molecule has 0 aliphatic heterocycles. The summed E-state index contributed by atoms with van der Waals surface area (Å²) >= 11 is 0. The lowest BCUT2D eigenvalue weighted by Crippen LogP contribution is -2.15. The Morgan fingerprint density at radius 2 is 2.10 bits per heavy atom. The van der Waals surface area contributed by atoms with Crippen LogP contribution in [-0.2, 0) is 13.0 Å². The molecule has 5 nitrogen and oxygen atoms in total. The van der Waals surface area contributed by atoms with Crippen LogP contribution in [0.15, 0.2) is 42.6 Å². The van der Waals surface area contributed by atoms with Gasteiger partial charge in [0.05, 0.1) is 11.0 Å². The average Bonchev–Trinajstić information content (AvgIpc) is 3.08. The van der Waals surface area contributed by atoms with Crippen molar-refractivity contribution < 1.29 is 0 Å². The van der Waals surface area contributed by atoms with Gasteiger partial charge in [0.15, 0.2) is 0 Å². The number of hydrogen-bond donors (Lipinski definition) is 3. The summed E-state index contributed by atoms with van der Waals surface area (Å²) in [4.78, 5) is 7.84. The predicted molar refractivity (Wildman–Crippen MR) is 81.8 cm³/mol. The summed E-state index contributed by atoms with van der Waals surface area (Å²) in [5.41, 5.74) is 9.05. The van der Waals surface area contributed by atoms with E-state index in [9.17, 15) is 0 Å². The van der Waals surface area contributed by atoms with Gasteiger partial charge in [0, 0.05) is 37.9 Å². The molecule has 0 saturated carbocycles. The Labute approximate surface area is 117 Å². The third-order valence-corrected chi connectivity index (χ3v) is 3.35. The molecule has 0 unspecified atom stereocenters. The van der Waals surface area contributed by atoms with E-state index in [1.165, 1.54) is 5.69 Å². The van der Waals surface area contributed by atoms with Gasteiger partial charge in [-0.05, 0) is 24.3 Å². The van der Waals surface area contributed by atoms with Gasteiger partial charge < -0.3 is 20.6 Å². The SMILES string of the molecule is NCCn1c(NCCc2ccc[nH]2)nc2ccccc21. The molecule has 0 aliphatic carbocycles. The van der Waals surface area contributed by atoms with Gasteiger partial charge >= 0.3 is 0 Å². The smallest absolute Gasteiger partial charge is 0.203 e. The van der Waals surface area contributed by atoms with Crippen LogP contribution in [0.4, 0.5) is 5.95 Å². The maximum absolute atomic E-state index is 5.70. The summed E-state index contributed by atoms with van der Waals surface area (Å²) in [6.07, 6.45) is 2.89. The van der Waals surface area contributed by atoms with Crippen LogP contribution in [0.2, 0.25) is 0 Å². The first-order valence-corrected chi connectivity index (χ1v) is 6.90. The van der Waals surface area contributed by atoms with Crippen molar-refractivity contribution in [2.45, 2.75) is 13.0 Å². The fraction of sp³-hybridized carbons (Fsp3) is 0.267. The molecule has 0 saturated heterocycles. The fourth-order valence-electron chi connectivity index (χ4n) is 2.40. The van der Waals surface area contributed by atoms with Gasteiger partial charge in [0.1, 0.15) is 0 Å². The lowest BCUT2D eigenvalue weighted by atomic mass is 10.3. The Balaban J connectivity index is 1.77. The zero-order valence-electron chi connectivity index (χ0n) is 11.3. The maximum Gasteiger partial charge on any atom is 0.203 e.